The molecule has 13 heterocycles. The van der Waals surface area contributed by atoms with Crippen molar-refractivity contribution in [1.82, 2.24) is 0 Å². The second kappa shape index (κ2) is 29.2. The van der Waals surface area contributed by atoms with E-state index in [9.17, 15) is 5.11 Å². The molecule has 13 saturated heterocycles. The SMILES string of the molecule is COc1ccc(CO[C@H]2CC[C@H]3O[C@H]4[C@@H](O[Si](C)(C)C(C)(C)C)C[C@H]5O[C@@H](CCOCc6ccccc6)C[C@@H]5O[C@@H]4C[C@@H]3O[C@@H]2C[C@@H]2O[C@@H]3CC[C@@H]4O[C@@H]5C[C@@H]6O[C@@H]7C[C@]8(C)O[C@@H]9C[C@@H]%10O[C@H](C)[C@@H](O[Si](C)(C)C(C)(C)C)C[C@H]%10O[C@H]9CC[C@H]8O[C@H]7C[C@H]6O[C@H]5C[C@H]4O[C@@]3(C)C[C@H]2O)cc1. The molecule has 0 radical (unpaired) electrons. The van der Waals surface area contributed by atoms with Crippen LogP contribution >= 0.6 is 0 Å². The minimum absolute atomic E-state index is 0.0120. The maximum atomic E-state index is 12.5. The number of aliphatic hydroxyl groups is 1. The molecule has 19 nitrogen and oxygen atoms in total. The van der Waals surface area contributed by atoms with E-state index in [4.69, 9.17) is 84.6 Å². The quantitative estimate of drug-likeness (QED) is 0.131. The predicted molar refractivity (Wildman–Crippen MR) is 378 cm³/mol. The third-order valence-electron chi connectivity index (χ3n) is 26.9. The van der Waals surface area contributed by atoms with Gasteiger partial charge in [0.25, 0.3) is 0 Å². The first-order valence-electron chi connectivity index (χ1n) is 39.1. The van der Waals surface area contributed by atoms with Crippen molar-refractivity contribution in [3.8, 4) is 5.75 Å². The van der Waals surface area contributed by atoms with Gasteiger partial charge in [0, 0.05) is 77.2 Å². The molecule has 2 aromatic rings. The van der Waals surface area contributed by atoms with Gasteiger partial charge in [-0.3, -0.25) is 0 Å². The fourth-order valence-electron chi connectivity index (χ4n) is 19.1. The van der Waals surface area contributed by atoms with Crippen LogP contribution in [0.15, 0.2) is 54.6 Å². The van der Waals surface area contributed by atoms with Crippen molar-refractivity contribution < 1.29 is 89.7 Å². The van der Waals surface area contributed by atoms with E-state index in [1.165, 1.54) is 0 Å². The summed E-state index contributed by atoms with van der Waals surface area (Å²) >= 11 is 0. The minimum Gasteiger partial charge on any atom is -0.497 e. The lowest BCUT2D eigenvalue weighted by Crippen LogP contribution is -2.65. The number of methoxy groups -OCH3 is 1. The molecule has 15 rings (SSSR count). The second-order valence-corrected chi connectivity index (χ2v) is 45.6. The summed E-state index contributed by atoms with van der Waals surface area (Å²) in [6, 6.07) is 18.4. The molecular weight excluding hydrogens is 1310 g/mol. The summed E-state index contributed by atoms with van der Waals surface area (Å²) in [5, 5.41) is 12.6. The van der Waals surface area contributed by atoms with Crippen LogP contribution in [0.4, 0.5) is 0 Å². The maximum Gasteiger partial charge on any atom is 0.192 e. The Labute approximate surface area is 598 Å². The molecule has 0 unspecified atom stereocenters. The summed E-state index contributed by atoms with van der Waals surface area (Å²) in [6.45, 7) is 31.2. The molecule has 100 heavy (non-hydrogen) atoms. The fraction of sp³-hybridized carbons (Fsp3) is 0.848. The lowest BCUT2D eigenvalue weighted by atomic mass is 9.80. The molecule has 13 aliphatic heterocycles. The number of hydrogen-bond acceptors (Lipinski definition) is 19. The number of fused-ring (bicyclic) bond motifs is 11. The lowest BCUT2D eigenvalue weighted by Gasteiger charge is -2.55. The van der Waals surface area contributed by atoms with E-state index < -0.39 is 46.1 Å². The van der Waals surface area contributed by atoms with Crippen molar-refractivity contribution in [2.75, 3.05) is 13.7 Å². The van der Waals surface area contributed by atoms with Crippen molar-refractivity contribution in [2.24, 2.45) is 0 Å². The van der Waals surface area contributed by atoms with Crippen LogP contribution in [0.5, 0.6) is 5.75 Å². The largest absolute Gasteiger partial charge is 0.497 e. The van der Waals surface area contributed by atoms with Crippen molar-refractivity contribution in [3.05, 3.63) is 65.7 Å². The van der Waals surface area contributed by atoms with E-state index in [2.05, 4.69) is 113 Å². The molecule has 1 N–H and O–H groups in total. The van der Waals surface area contributed by atoms with Crippen LogP contribution in [-0.4, -0.2) is 218 Å². The van der Waals surface area contributed by atoms with Gasteiger partial charge < -0.3 is 89.7 Å². The van der Waals surface area contributed by atoms with Crippen LogP contribution < -0.4 is 4.74 Å². The number of hydrogen-bond donors (Lipinski definition) is 1. The highest BCUT2D eigenvalue weighted by molar-refractivity contribution is 6.74. The maximum absolute atomic E-state index is 12.5. The highest BCUT2D eigenvalue weighted by Gasteiger charge is 2.61. The summed E-state index contributed by atoms with van der Waals surface area (Å²) in [6.07, 6.45) is 7.67. The molecule has 2 aromatic carbocycles. The van der Waals surface area contributed by atoms with Gasteiger partial charge in [0.05, 0.1) is 196 Å². The van der Waals surface area contributed by atoms with Crippen molar-refractivity contribution in [1.29, 1.82) is 0 Å². The van der Waals surface area contributed by atoms with Crippen LogP contribution in [0, 0.1) is 0 Å². The van der Waals surface area contributed by atoms with Gasteiger partial charge in [0.15, 0.2) is 16.6 Å². The van der Waals surface area contributed by atoms with E-state index in [-0.39, 0.29) is 163 Å². The minimum atomic E-state index is -2.29. The van der Waals surface area contributed by atoms with Crippen molar-refractivity contribution >= 4 is 16.6 Å². The van der Waals surface area contributed by atoms with Crippen LogP contribution in [0.3, 0.4) is 0 Å². The zero-order chi connectivity index (χ0) is 69.8. The van der Waals surface area contributed by atoms with E-state index in [0.717, 1.165) is 93.9 Å². The molecule has 13 aliphatic rings. The average molecular weight is 1430 g/mol. The molecule has 0 spiro atoms. The van der Waals surface area contributed by atoms with Gasteiger partial charge in [-0.25, -0.2) is 0 Å². The normalized spacial score (nSPS) is 45.8. The Morgan fingerprint density at radius 1 is 0.460 bits per heavy atom. The Balaban J connectivity index is 0.589. The molecule has 0 aliphatic carbocycles. The van der Waals surface area contributed by atoms with Crippen molar-refractivity contribution in [3.63, 3.8) is 0 Å². The number of aliphatic hydroxyl groups excluding tert-OH is 1. The van der Waals surface area contributed by atoms with Crippen LogP contribution in [0.1, 0.15) is 189 Å². The van der Waals surface area contributed by atoms with Gasteiger partial charge in [-0.05, 0) is 125 Å². The van der Waals surface area contributed by atoms with E-state index in [1.54, 1.807) is 7.11 Å². The molecule has 13 fully saturated rings. The van der Waals surface area contributed by atoms with Gasteiger partial charge in [-0.15, -0.1) is 0 Å². The lowest BCUT2D eigenvalue weighted by molar-refractivity contribution is -0.326. The Bertz CT molecular complexity index is 3040. The molecule has 0 bridgehead atoms. The Hall–Kier alpha value is -2.05. The Kier molecular flexibility index (Phi) is 21.4. The standard InChI is InChI=1S/C79H122O19Si2/c1-45-55(97-99(11,12)76(2,3)4)33-62-60(84-45)37-68-53(86-62)27-29-74-79(9,96-68)42-72-67(93-74)36-64-65(91-72)35-63-66(89-64)38-69-54(87-63)26-28-73-78(8,95-69)41-50(80)56(92-73)34-58-51(83-44-47-20-22-48(81-10)23-21-47)24-25-52-59(88-58)39-70-75(94-52)71(98-100(13,14)77(5,6)7)40-61-57(90-70)32-49(85-61)30-31-82-43-46-18-16-15-17-19-46/h15-23,45,49-75,80H,24-44H2,1-14H3/t45-,49+,50-,51+,52-,53+,54+,55+,56+,57+,58-,59+,60+,61-,62-,63-,64-,65+,66+,67+,68-,69-,70-,71+,72-,73-,74-,75-,78+,79+/m1/s1. The van der Waals surface area contributed by atoms with E-state index >= 15 is 0 Å². The Morgan fingerprint density at radius 3 is 1.62 bits per heavy atom. The van der Waals surface area contributed by atoms with Gasteiger partial charge >= 0.3 is 0 Å². The summed E-state index contributed by atoms with van der Waals surface area (Å²) in [4.78, 5) is 0. The summed E-state index contributed by atoms with van der Waals surface area (Å²) in [5.41, 5.74) is 0.907. The first kappa shape index (κ1) is 73.5. The summed E-state index contributed by atoms with van der Waals surface area (Å²) in [5.74, 6) is 0.795. The van der Waals surface area contributed by atoms with E-state index in [0.29, 0.717) is 58.3 Å². The zero-order valence-corrected chi connectivity index (χ0v) is 64.5. The topological polar surface area (TPSA) is 186 Å². The number of ether oxygens (including phenoxy) is 16. The molecule has 21 heteroatoms. The van der Waals surface area contributed by atoms with Gasteiger partial charge in [0.1, 0.15) is 11.9 Å². The Morgan fingerprint density at radius 2 is 0.960 bits per heavy atom. The third-order valence-corrected chi connectivity index (χ3v) is 35.9. The summed E-state index contributed by atoms with van der Waals surface area (Å²) < 4.78 is 126. The highest BCUT2D eigenvalue weighted by atomic mass is 28.4. The van der Waals surface area contributed by atoms with Gasteiger partial charge in [-0.1, -0.05) is 84.0 Å². The molecule has 0 aromatic heterocycles. The average Bonchev–Trinajstić information content (AvgIpc) is 1.40. The summed E-state index contributed by atoms with van der Waals surface area (Å²) in [7, 11) is -2.60. The molecule has 30 atom stereocenters. The molecular formula is C79H122O19Si2. The monoisotopic (exact) mass is 1430 g/mol. The third kappa shape index (κ3) is 15.4. The van der Waals surface area contributed by atoms with E-state index in [1.807, 2.05) is 30.3 Å². The number of benzene rings is 2. The molecule has 560 valence electrons. The molecule has 0 saturated carbocycles. The highest BCUT2D eigenvalue weighted by Crippen LogP contribution is 2.53. The number of rotatable bonds is 15. The smallest absolute Gasteiger partial charge is 0.192 e. The van der Waals surface area contributed by atoms with Crippen LogP contribution in [0.25, 0.3) is 0 Å². The first-order chi connectivity index (χ1) is 47.6. The zero-order valence-electron chi connectivity index (χ0n) is 62.5. The van der Waals surface area contributed by atoms with Crippen molar-refractivity contribution in [2.45, 2.75) is 409 Å². The molecule has 0 amide bonds. The predicted octanol–water partition coefficient (Wildman–Crippen LogP) is 12.7. The van der Waals surface area contributed by atoms with Gasteiger partial charge in [-0.2, -0.15) is 0 Å². The van der Waals surface area contributed by atoms with Crippen LogP contribution in [0.2, 0.25) is 36.3 Å². The van der Waals surface area contributed by atoms with Gasteiger partial charge in [0.2, 0.25) is 0 Å². The van der Waals surface area contributed by atoms with Crippen LogP contribution in [-0.2, 0) is 93.1 Å². The second-order valence-electron chi connectivity index (χ2n) is 36.0. The first-order valence-corrected chi connectivity index (χ1v) is 44.9. The fourth-order valence-corrected chi connectivity index (χ4v) is 21.8.